The number of carbonyl (C=O) groups is 2. The van der Waals surface area contributed by atoms with E-state index in [0.29, 0.717) is 6.42 Å². The van der Waals surface area contributed by atoms with Gasteiger partial charge in [0.2, 0.25) is 11.8 Å². The molecule has 0 radical (unpaired) electrons. The van der Waals surface area contributed by atoms with E-state index in [4.69, 9.17) is 5.73 Å². The van der Waals surface area contributed by atoms with E-state index in [9.17, 15) is 9.59 Å². The van der Waals surface area contributed by atoms with Gasteiger partial charge < -0.3 is 5.73 Å². The van der Waals surface area contributed by atoms with E-state index in [-0.39, 0.29) is 12.3 Å². The summed E-state index contributed by atoms with van der Waals surface area (Å²) in [6.45, 7) is 0. The van der Waals surface area contributed by atoms with Crippen molar-refractivity contribution in [2.45, 2.75) is 18.9 Å². The zero-order valence-corrected chi connectivity index (χ0v) is 11.5. The van der Waals surface area contributed by atoms with E-state index in [1.807, 2.05) is 54.6 Å². The minimum absolute atomic E-state index is 0.102. The number of nitrogens with zero attached hydrogens (tertiary/aromatic N) is 1. The summed E-state index contributed by atoms with van der Waals surface area (Å²) in [5.74, 6) is -0.567. The Kier molecular flexibility index (Phi) is 3.44. The van der Waals surface area contributed by atoms with Crippen LogP contribution in [0.3, 0.4) is 0 Å². The maximum absolute atomic E-state index is 12.6. The minimum Gasteiger partial charge on any atom is -0.368 e. The highest BCUT2D eigenvalue weighted by atomic mass is 16.2. The summed E-state index contributed by atoms with van der Waals surface area (Å²) in [4.78, 5) is 25.8. The van der Waals surface area contributed by atoms with E-state index in [1.54, 1.807) is 4.90 Å². The number of hydrogen-bond acceptors (Lipinski definition) is 2. The number of anilines is 1. The zero-order valence-electron chi connectivity index (χ0n) is 11.5. The van der Waals surface area contributed by atoms with Gasteiger partial charge >= 0.3 is 0 Å². The first-order valence-corrected chi connectivity index (χ1v) is 6.90. The SMILES string of the molecule is NC(=O)[C@@H]1Cc2ccccc2N1C(=O)Cc1ccccc1. The fraction of sp³-hybridized carbons (Fsp3) is 0.176. The van der Waals surface area contributed by atoms with Gasteiger partial charge in [-0.2, -0.15) is 0 Å². The molecular weight excluding hydrogens is 264 g/mol. The molecule has 3 rings (SSSR count). The molecule has 0 aliphatic carbocycles. The van der Waals surface area contributed by atoms with Crippen molar-refractivity contribution < 1.29 is 9.59 Å². The van der Waals surface area contributed by atoms with E-state index in [1.165, 1.54) is 0 Å². The number of amides is 2. The van der Waals surface area contributed by atoms with Crippen LogP contribution in [0.4, 0.5) is 5.69 Å². The minimum atomic E-state index is -0.585. The van der Waals surface area contributed by atoms with Gasteiger partial charge in [0.15, 0.2) is 0 Å². The third kappa shape index (κ3) is 2.52. The predicted octanol–water partition coefficient (Wildman–Crippen LogP) is 1.67. The van der Waals surface area contributed by atoms with Crippen molar-refractivity contribution in [2.24, 2.45) is 5.73 Å². The number of nitrogens with two attached hydrogens (primary N) is 1. The fourth-order valence-corrected chi connectivity index (χ4v) is 2.78. The third-order valence-electron chi connectivity index (χ3n) is 3.77. The van der Waals surface area contributed by atoms with E-state index in [0.717, 1.165) is 16.8 Å². The van der Waals surface area contributed by atoms with Crippen LogP contribution in [0.2, 0.25) is 0 Å². The monoisotopic (exact) mass is 280 g/mol. The van der Waals surface area contributed by atoms with Gasteiger partial charge in [-0.1, -0.05) is 48.5 Å². The lowest BCUT2D eigenvalue weighted by atomic mass is 10.1. The van der Waals surface area contributed by atoms with E-state index >= 15 is 0 Å². The van der Waals surface area contributed by atoms with Crippen molar-refractivity contribution in [3.63, 3.8) is 0 Å². The molecule has 1 atom stereocenters. The molecule has 0 aromatic heterocycles. The Labute approximate surface area is 123 Å². The molecule has 2 amide bonds. The Morgan fingerprint density at radius 3 is 2.43 bits per heavy atom. The highest BCUT2D eigenvalue weighted by Gasteiger charge is 2.36. The molecule has 106 valence electrons. The maximum Gasteiger partial charge on any atom is 0.240 e. The van der Waals surface area contributed by atoms with Crippen LogP contribution in [0.25, 0.3) is 0 Å². The van der Waals surface area contributed by atoms with Crippen LogP contribution >= 0.6 is 0 Å². The number of primary amides is 1. The molecule has 21 heavy (non-hydrogen) atoms. The number of fused-ring (bicyclic) bond motifs is 1. The highest BCUT2D eigenvalue weighted by molar-refractivity contribution is 6.03. The molecule has 1 heterocycles. The lowest BCUT2D eigenvalue weighted by Crippen LogP contribution is -2.46. The van der Waals surface area contributed by atoms with Crippen LogP contribution in [0.5, 0.6) is 0 Å². The van der Waals surface area contributed by atoms with Gasteiger partial charge in [-0.3, -0.25) is 14.5 Å². The largest absolute Gasteiger partial charge is 0.368 e. The molecule has 0 bridgehead atoms. The van der Waals surface area contributed by atoms with Crippen molar-refractivity contribution >= 4 is 17.5 Å². The molecule has 0 fully saturated rings. The first kappa shape index (κ1) is 13.4. The van der Waals surface area contributed by atoms with Gasteiger partial charge in [-0.05, 0) is 17.2 Å². The third-order valence-corrected chi connectivity index (χ3v) is 3.77. The zero-order chi connectivity index (χ0) is 14.8. The first-order valence-electron chi connectivity index (χ1n) is 6.90. The van der Waals surface area contributed by atoms with Crippen molar-refractivity contribution in [3.05, 3.63) is 65.7 Å². The average molecular weight is 280 g/mol. The molecule has 0 spiro atoms. The fourth-order valence-electron chi connectivity index (χ4n) is 2.78. The maximum atomic E-state index is 12.6. The van der Waals surface area contributed by atoms with Gasteiger partial charge in [0.1, 0.15) is 6.04 Å². The van der Waals surface area contributed by atoms with Crippen molar-refractivity contribution in [3.8, 4) is 0 Å². The van der Waals surface area contributed by atoms with Crippen LogP contribution in [0.15, 0.2) is 54.6 Å². The normalized spacial score (nSPS) is 16.6. The Balaban J connectivity index is 1.91. The van der Waals surface area contributed by atoms with Crippen molar-refractivity contribution in [2.75, 3.05) is 4.90 Å². The quantitative estimate of drug-likeness (QED) is 0.929. The molecule has 2 aromatic rings. The summed E-state index contributed by atoms with van der Waals surface area (Å²) in [6, 6.07) is 16.5. The molecule has 1 aliphatic heterocycles. The van der Waals surface area contributed by atoms with Crippen LogP contribution < -0.4 is 10.6 Å². The average Bonchev–Trinajstić information content (AvgIpc) is 2.88. The number of para-hydroxylation sites is 1. The second kappa shape index (κ2) is 5.40. The molecule has 0 saturated carbocycles. The van der Waals surface area contributed by atoms with Crippen molar-refractivity contribution in [1.82, 2.24) is 0 Å². The topological polar surface area (TPSA) is 63.4 Å². The number of carbonyl (C=O) groups excluding carboxylic acids is 2. The highest BCUT2D eigenvalue weighted by Crippen LogP contribution is 2.32. The Hall–Kier alpha value is -2.62. The lowest BCUT2D eigenvalue weighted by molar-refractivity contribution is -0.124. The molecular formula is C17H16N2O2. The summed E-state index contributed by atoms with van der Waals surface area (Å²) in [6.07, 6.45) is 0.755. The molecule has 2 N–H and O–H groups in total. The first-order chi connectivity index (χ1) is 10.2. The Bertz CT molecular complexity index is 682. The second-order valence-electron chi connectivity index (χ2n) is 5.18. The van der Waals surface area contributed by atoms with Gasteiger partial charge in [-0.15, -0.1) is 0 Å². The summed E-state index contributed by atoms with van der Waals surface area (Å²) in [5.41, 5.74) is 8.17. The van der Waals surface area contributed by atoms with Crippen molar-refractivity contribution in [1.29, 1.82) is 0 Å². The molecule has 4 nitrogen and oxygen atoms in total. The molecule has 0 unspecified atom stereocenters. The lowest BCUT2D eigenvalue weighted by Gasteiger charge is -2.23. The number of rotatable bonds is 3. The van der Waals surface area contributed by atoms with Gasteiger partial charge in [-0.25, -0.2) is 0 Å². The summed E-state index contributed by atoms with van der Waals surface area (Å²) < 4.78 is 0. The molecule has 1 aliphatic rings. The van der Waals surface area contributed by atoms with Crippen LogP contribution in [-0.2, 0) is 22.4 Å². The standard InChI is InChI=1S/C17H16N2O2/c18-17(21)15-11-13-8-4-5-9-14(13)19(15)16(20)10-12-6-2-1-3-7-12/h1-9,15H,10-11H2,(H2,18,21)/t15-/m0/s1. The Morgan fingerprint density at radius 1 is 1.05 bits per heavy atom. The predicted molar refractivity (Wildman–Crippen MR) is 80.8 cm³/mol. The van der Waals surface area contributed by atoms with E-state index < -0.39 is 11.9 Å². The van der Waals surface area contributed by atoms with Crippen LogP contribution in [-0.4, -0.2) is 17.9 Å². The van der Waals surface area contributed by atoms with Crippen LogP contribution in [0.1, 0.15) is 11.1 Å². The van der Waals surface area contributed by atoms with E-state index in [2.05, 4.69) is 0 Å². The number of benzene rings is 2. The summed E-state index contributed by atoms with van der Waals surface area (Å²) in [5, 5.41) is 0. The Morgan fingerprint density at radius 2 is 1.71 bits per heavy atom. The van der Waals surface area contributed by atoms with Gasteiger partial charge in [0, 0.05) is 12.1 Å². The number of hydrogen-bond donors (Lipinski definition) is 1. The molecule has 0 saturated heterocycles. The van der Waals surface area contributed by atoms with Crippen LogP contribution in [0, 0.1) is 0 Å². The summed E-state index contributed by atoms with van der Waals surface area (Å²) in [7, 11) is 0. The molecule has 2 aromatic carbocycles. The second-order valence-corrected chi connectivity index (χ2v) is 5.18. The van der Waals surface area contributed by atoms with Gasteiger partial charge in [0.05, 0.1) is 6.42 Å². The summed E-state index contributed by atoms with van der Waals surface area (Å²) >= 11 is 0. The smallest absolute Gasteiger partial charge is 0.240 e. The van der Waals surface area contributed by atoms with Gasteiger partial charge in [0.25, 0.3) is 0 Å². The molecule has 4 heteroatoms.